The molecule has 0 aromatic heterocycles. The highest BCUT2D eigenvalue weighted by Gasteiger charge is 2.22. The number of rotatable bonds is 7. The molecule has 0 aliphatic heterocycles. The molecule has 0 spiro atoms. The Balaban J connectivity index is 4.21. The quantitative estimate of drug-likeness (QED) is 0.640. The molecule has 0 heterocycles. The third-order valence-electron chi connectivity index (χ3n) is 2.12. The van der Waals surface area contributed by atoms with E-state index in [9.17, 15) is 18.0 Å². The van der Waals surface area contributed by atoms with Crippen molar-refractivity contribution in [3.63, 3.8) is 0 Å². The van der Waals surface area contributed by atoms with Crippen molar-refractivity contribution in [1.82, 2.24) is 5.32 Å². The third kappa shape index (κ3) is 6.93. The second-order valence-electron chi connectivity index (χ2n) is 3.74. The van der Waals surface area contributed by atoms with Gasteiger partial charge in [0.05, 0.1) is 24.5 Å². The van der Waals surface area contributed by atoms with Gasteiger partial charge in [-0.15, -0.1) is 0 Å². The van der Waals surface area contributed by atoms with E-state index in [1.807, 2.05) is 0 Å². The monoisotopic (exact) mass is 265 g/mol. The lowest BCUT2D eigenvalue weighted by atomic mass is 10.2. The highest BCUT2D eigenvalue weighted by Crippen LogP contribution is 2.05. The molecule has 7 heteroatoms. The minimum atomic E-state index is -3.41. The molecule has 0 fully saturated rings. The molecular weight excluding hydrogens is 246 g/mol. The van der Waals surface area contributed by atoms with Gasteiger partial charge in [0.25, 0.3) is 0 Å². The zero-order valence-corrected chi connectivity index (χ0v) is 11.2. The van der Waals surface area contributed by atoms with Crippen LogP contribution in [0.1, 0.15) is 20.3 Å². The highest BCUT2D eigenvalue weighted by molar-refractivity contribution is 7.91. The van der Waals surface area contributed by atoms with E-state index in [1.165, 1.54) is 14.0 Å². The maximum absolute atomic E-state index is 11.6. The van der Waals surface area contributed by atoms with Crippen LogP contribution in [0.5, 0.6) is 0 Å². The molecule has 0 aromatic carbocycles. The van der Waals surface area contributed by atoms with Crippen molar-refractivity contribution in [3.8, 4) is 0 Å². The van der Waals surface area contributed by atoms with Gasteiger partial charge in [0.1, 0.15) is 0 Å². The topological polar surface area (TPSA) is 89.5 Å². The Labute approximate surface area is 102 Å². The molecule has 0 radical (unpaired) electrons. The van der Waals surface area contributed by atoms with Crippen LogP contribution in [-0.2, 0) is 24.2 Å². The van der Waals surface area contributed by atoms with E-state index in [0.29, 0.717) is 6.54 Å². The van der Waals surface area contributed by atoms with Gasteiger partial charge >= 0.3 is 5.97 Å². The summed E-state index contributed by atoms with van der Waals surface area (Å²) in [5.41, 5.74) is 0. The number of hydrogen-bond donors (Lipinski definition) is 1. The van der Waals surface area contributed by atoms with Crippen molar-refractivity contribution in [3.05, 3.63) is 0 Å². The van der Waals surface area contributed by atoms with Gasteiger partial charge in [-0.25, -0.2) is 8.42 Å². The SMILES string of the molecule is CCNC(=O)CCS(=O)(=O)CC(C)C(=O)OC. The molecule has 1 amide bonds. The molecule has 0 saturated heterocycles. The number of carbonyl (C=O) groups excluding carboxylic acids is 2. The Morgan fingerprint density at radius 2 is 1.94 bits per heavy atom. The van der Waals surface area contributed by atoms with Crippen LogP contribution in [-0.4, -0.2) is 45.5 Å². The van der Waals surface area contributed by atoms with Crippen LogP contribution < -0.4 is 5.32 Å². The number of hydrogen-bond acceptors (Lipinski definition) is 5. The Hall–Kier alpha value is -1.11. The van der Waals surface area contributed by atoms with Crippen molar-refractivity contribution in [2.75, 3.05) is 25.2 Å². The minimum absolute atomic E-state index is 0.0793. The summed E-state index contributed by atoms with van der Waals surface area (Å²) in [6, 6.07) is 0. The summed E-state index contributed by atoms with van der Waals surface area (Å²) >= 11 is 0. The van der Waals surface area contributed by atoms with Crippen LogP contribution in [0.3, 0.4) is 0 Å². The second-order valence-corrected chi connectivity index (χ2v) is 5.97. The fourth-order valence-corrected chi connectivity index (χ4v) is 2.83. The van der Waals surface area contributed by atoms with Crippen molar-refractivity contribution in [2.45, 2.75) is 20.3 Å². The summed E-state index contributed by atoms with van der Waals surface area (Å²) in [6.07, 6.45) is -0.0793. The number of methoxy groups -OCH3 is 1. The number of nitrogens with one attached hydrogen (secondary N) is 1. The summed E-state index contributed by atoms with van der Waals surface area (Å²) in [5.74, 6) is -2.12. The molecule has 0 aliphatic carbocycles. The molecule has 0 saturated carbocycles. The first-order chi connectivity index (χ1) is 7.82. The van der Waals surface area contributed by atoms with Gasteiger partial charge in [0.2, 0.25) is 5.91 Å². The molecular formula is C10H19NO5S. The Morgan fingerprint density at radius 3 is 2.41 bits per heavy atom. The standard InChI is InChI=1S/C10H19NO5S/c1-4-11-9(12)5-6-17(14,15)7-8(2)10(13)16-3/h8H,4-7H2,1-3H3,(H,11,12). The first kappa shape index (κ1) is 15.9. The van der Waals surface area contributed by atoms with Crippen molar-refractivity contribution < 1.29 is 22.7 Å². The van der Waals surface area contributed by atoms with E-state index in [2.05, 4.69) is 10.1 Å². The van der Waals surface area contributed by atoms with Gasteiger partial charge < -0.3 is 10.1 Å². The van der Waals surface area contributed by atoms with Gasteiger partial charge in [0.15, 0.2) is 9.84 Å². The van der Waals surface area contributed by atoms with Crippen LogP contribution in [0.25, 0.3) is 0 Å². The summed E-state index contributed by atoms with van der Waals surface area (Å²) in [7, 11) is -2.20. The maximum atomic E-state index is 11.6. The molecule has 1 N–H and O–H groups in total. The molecule has 0 rings (SSSR count). The zero-order valence-electron chi connectivity index (χ0n) is 10.4. The maximum Gasteiger partial charge on any atom is 0.309 e. The smallest absolute Gasteiger partial charge is 0.309 e. The number of esters is 1. The van der Waals surface area contributed by atoms with Gasteiger partial charge in [-0.1, -0.05) is 6.92 Å². The van der Waals surface area contributed by atoms with Crippen molar-refractivity contribution in [1.29, 1.82) is 0 Å². The number of carbonyl (C=O) groups is 2. The Morgan fingerprint density at radius 1 is 1.35 bits per heavy atom. The average molecular weight is 265 g/mol. The Kier molecular flexibility index (Phi) is 6.79. The van der Waals surface area contributed by atoms with Crippen LogP contribution in [0.15, 0.2) is 0 Å². The van der Waals surface area contributed by atoms with E-state index in [1.54, 1.807) is 6.92 Å². The highest BCUT2D eigenvalue weighted by atomic mass is 32.2. The largest absolute Gasteiger partial charge is 0.469 e. The molecule has 0 bridgehead atoms. The Bertz CT molecular complexity index is 363. The average Bonchev–Trinajstić information content (AvgIpc) is 2.25. The van der Waals surface area contributed by atoms with E-state index in [0.717, 1.165) is 0 Å². The molecule has 6 nitrogen and oxygen atoms in total. The van der Waals surface area contributed by atoms with E-state index >= 15 is 0 Å². The van der Waals surface area contributed by atoms with Gasteiger partial charge in [-0.2, -0.15) is 0 Å². The molecule has 0 aliphatic rings. The van der Waals surface area contributed by atoms with E-state index < -0.39 is 21.7 Å². The zero-order chi connectivity index (χ0) is 13.5. The van der Waals surface area contributed by atoms with Crippen LogP contribution in [0.4, 0.5) is 0 Å². The van der Waals surface area contributed by atoms with Gasteiger partial charge in [-0.3, -0.25) is 9.59 Å². The fraction of sp³-hybridized carbons (Fsp3) is 0.800. The molecule has 1 atom stereocenters. The molecule has 1 unspecified atom stereocenters. The van der Waals surface area contributed by atoms with Crippen molar-refractivity contribution in [2.24, 2.45) is 5.92 Å². The summed E-state index contributed by atoms with van der Waals surface area (Å²) in [6.45, 7) is 3.71. The predicted octanol–water partition coefficient (Wildman–Crippen LogP) is -0.263. The van der Waals surface area contributed by atoms with Crippen LogP contribution in [0, 0.1) is 5.92 Å². The van der Waals surface area contributed by atoms with E-state index in [-0.39, 0.29) is 23.8 Å². The number of sulfone groups is 1. The molecule has 0 aromatic rings. The summed E-state index contributed by atoms with van der Waals surface area (Å²) < 4.78 is 27.6. The minimum Gasteiger partial charge on any atom is -0.469 e. The normalized spacial score (nSPS) is 12.9. The fourth-order valence-electron chi connectivity index (χ4n) is 1.27. The van der Waals surface area contributed by atoms with Gasteiger partial charge in [-0.05, 0) is 6.92 Å². The molecule has 100 valence electrons. The van der Waals surface area contributed by atoms with Crippen LogP contribution in [0.2, 0.25) is 0 Å². The number of ether oxygens (including phenoxy) is 1. The lowest BCUT2D eigenvalue weighted by molar-refractivity contribution is -0.144. The second kappa shape index (κ2) is 7.26. The molecule has 17 heavy (non-hydrogen) atoms. The summed E-state index contributed by atoms with van der Waals surface area (Å²) in [4.78, 5) is 22.2. The lowest BCUT2D eigenvalue weighted by Crippen LogP contribution is -2.28. The van der Waals surface area contributed by atoms with Crippen LogP contribution >= 0.6 is 0 Å². The first-order valence-corrected chi connectivity index (χ1v) is 7.19. The first-order valence-electron chi connectivity index (χ1n) is 5.37. The van der Waals surface area contributed by atoms with Gasteiger partial charge in [0, 0.05) is 13.0 Å². The summed E-state index contributed by atoms with van der Waals surface area (Å²) in [5, 5.41) is 2.51. The van der Waals surface area contributed by atoms with Crippen molar-refractivity contribution >= 4 is 21.7 Å². The van der Waals surface area contributed by atoms with E-state index in [4.69, 9.17) is 0 Å². The third-order valence-corrected chi connectivity index (χ3v) is 3.96. The lowest BCUT2D eigenvalue weighted by Gasteiger charge is -2.09. The number of amides is 1. The predicted molar refractivity (Wildman–Crippen MR) is 63.1 cm³/mol.